The third-order valence-corrected chi connectivity index (χ3v) is 3.19. The Kier molecular flexibility index (Phi) is 2.68. The van der Waals surface area contributed by atoms with Crippen LogP contribution in [-0.4, -0.2) is 0 Å². The SMILES string of the molecule is CC1C=CC2=C(C=C1)CC(C)(C)CC=C2. The number of hydrogen-bond acceptors (Lipinski definition) is 0. The molecule has 0 saturated carbocycles. The summed E-state index contributed by atoms with van der Waals surface area (Å²) in [5, 5.41) is 0. The lowest BCUT2D eigenvalue weighted by molar-refractivity contribution is 0.372. The Labute approximate surface area is 93.1 Å². The zero-order valence-electron chi connectivity index (χ0n) is 9.96. The molecule has 0 radical (unpaired) electrons. The maximum Gasteiger partial charge on any atom is -0.00753 e. The van der Waals surface area contributed by atoms with Gasteiger partial charge in [0, 0.05) is 0 Å². The average molecular weight is 200 g/mol. The molecule has 0 aliphatic heterocycles. The zero-order chi connectivity index (χ0) is 10.9. The van der Waals surface area contributed by atoms with Gasteiger partial charge >= 0.3 is 0 Å². The molecule has 2 aliphatic rings. The van der Waals surface area contributed by atoms with Crippen LogP contribution in [0.3, 0.4) is 0 Å². The largest absolute Gasteiger partial charge is 0.0834 e. The molecule has 0 aromatic heterocycles. The van der Waals surface area contributed by atoms with Crippen LogP contribution in [0.4, 0.5) is 0 Å². The fourth-order valence-electron chi connectivity index (χ4n) is 2.21. The van der Waals surface area contributed by atoms with Crippen LogP contribution in [0, 0.1) is 11.3 Å². The molecular weight excluding hydrogens is 180 g/mol. The summed E-state index contributed by atoms with van der Waals surface area (Å²) in [5.41, 5.74) is 3.30. The van der Waals surface area contributed by atoms with Crippen molar-refractivity contribution in [3.05, 3.63) is 47.6 Å². The highest BCUT2D eigenvalue weighted by atomic mass is 14.3. The molecule has 80 valence electrons. The van der Waals surface area contributed by atoms with Crippen molar-refractivity contribution in [1.29, 1.82) is 0 Å². The van der Waals surface area contributed by atoms with Gasteiger partial charge in [0.05, 0.1) is 0 Å². The van der Waals surface area contributed by atoms with Crippen LogP contribution in [0.1, 0.15) is 33.6 Å². The number of rotatable bonds is 0. The minimum atomic E-state index is 0.402. The van der Waals surface area contributed by atoms with E-state index in [4.69, 9.17) is 0 Å². The van der Waals surface area contributed by atoms with Gasteiger partial charge in [0.15, 0.2) is 0 Å². The summed E-state index contributed by atoms with van der Waals surface area (Å²) in [4.78, 5) is 0. The van der Waals surface area contributed by atoms with E-state index in [1.54, 1.807) is 0 Å². The molecule has 2 aliphatic carbocycles. The summed E-state index contributed by atoms with van der Waals surface area (Å²) >= 11 is 0. The fourth-order valence-corrected chi connectivity index (χ4v) is 2.21. The maximum absolute atomic E-state index is 2.35. The third-order valence-electron chi connectivity index (χ3n) is 3.19. The van der Waals surface area contributed by atoms with E-state index in [0.29, 0.717) is 11.3 Å². The predicted octanol–water partition coefficient (Wildman–Crippen LogP) is 4.42. The second-order valence-corrected chi connectivity index (χ2v) is 5.51. The van der Waals surface area contributed by atoms with Crippen LogP contribution >= 0.6 is 0 Å². The molecule has 0 spiro atoms. The van der Waals surface area contributed by atoms with Gasteiger partial charge in [-0.15, -0.1) is 0 Å². The van der Waals surface area contributed by atoms with Crippen molar-refractivity contribution < 1.29 is 0 Å². The van der Waals surface area contributed by atoms with Gasteiger partial charge in [-0.3, -0.25) is 0 Å². The Hall–Kier alpha value is -1.04. The second kappa shape index (κ2) is 3.84. The van der Waals surface area contributed by atoms with Crippen molar-refractivity contribution in [2.24, 2.45) is 11.3 Å². The highest BCUT2D eigenvalue weighted by Crippen LogP contribution is 2.35. The molecule has 0 saturated heterocycles. The van der Waals surface area contributed by atoms with Gasteiger partial charge in [0.25, 0.3) is 0 Å². The van der Waals surface area contributed by atoms with E-state index in [9.17, 15) is 0 Å². The predicted molar refractivity (Wildman–Crippen MR) is 66.6 cm³/mol. The van der Waals surface area contributed by atoms with Crippen LogP contribution < -0.4 is 0 Å². The smallest absolute Gasteiger partial charge is 0.00753 e. The topological polar surface area (TPSA) is 0 Å². The van der Waals surface area contributed by atoms with Gasteiger partial charge in [-0.25, -0.2) is 0 Å². The lowest BCUT2D eigenvalue weighted by atomic mass is 9.83. The van der Waals surface area contributed by atoms with Gasteiger partial charge in [0.1, 0.15) is 0 Å². The van der Waals surface area contributed by atoms with E-state index in [-0.39, 0.29) is 0 Å². The van der Waals surface area contributed by atoms with E-state index < -0.39 is 0 Å². The standard InChI is InChI=1S/C15H20/c1-12-6-8-13-5-4-10-15(2,3)11-14(13)9-7-12/h4-9,12H,10-11H2,1-3H3. The quantitative estimate of drug-likeness (QED) is 0.543. The molecule has 0 amide bonds. The Morgan fingerprint density at radius 1 is 1.13 bits per heavy atom. The normalized spacial score (nSPS) is 28.6. The maximum atomic E-state index is 2.35. The first-order chi connectivity index (χ1) is 7.07. The van der Waals surface area contributed by atoms with Crippen molar-refractivity contribution in [2.45, 2.75) is 33.6 Å². The van der Waals surface area contributed by atoms with Gasteiger partial charge in [-0.05, 0) is 35.3 Å². The first-order valence-electron chi connectivity index (χ1n) is 5.83. The van der Waals surface area contributed by atoms with Crippen LogP contribution in [0.25, 0.3) is 0 Å². The third kappa shape index (κ3) is 2.50. The summed E-state index contributed by atoms with van der Waals surface area (Å²) in [6.45, 7) is 6.92. The summed E-state index contributed by atoms with van der Waals surface area (Å²) < 4.78 is 0. The molecule has 0 heteroatoms. The monoisotopic (exact) mass is 200 g/mol. The molecule has 0 aromatic rings. The summed E-state index contributed by atoms with van der Waals surface area (Å²) in [6.07, 6.45) is 16.1. The van der Waals surface area contributed by atoms with Crippen molar-refractivity contribution in [3.8, 4) is 0 Å². The minimum absolute atomic E-state index is 0.402. The molecule has 0 nitrogen and oxygen atoms in total. The summed E-state index contributed by atoms with van der Waals surface area (Å²) in [7, 11) is 0. The van der Waals surface area contributed by atoms with Crippen LogP contribution in [0.2, 0.25) is 0 Å². The van der Waals surface area contributed by atoms with E-state index in [2.05, 4.69) is 57.2 Å². The molecule has 15 heavy (non-hydrogen) atoms. The zero-order valence-corrected chi connectivity index (χ0v) is 9.96. The highest BCUT2D eigenvalue weighted by Gasteiger charge is 2.21. The van der Waals surface area contributed by atoms with Crippen molar-refractivity contribution in [1.82, 2.24) is 0 Å². The molecule has 1 atom stereocenters. The number of hydrogen-bond donors (Lipinski definition) is 0. The Morgan fingerprint density at radius 3 is 2.67 bits per heavy atom. The Balaban J connectivity index is 2.37. The van der Waals surface area contributed by atoms with Crippen molar-refractivity contribution in [2.75, 3.05) is 0 Å². The minimum Gasteiger partial charge on any atom is -0.0834 e. The summed E-state index contributed by atoms with van der Waals surface area (Å²) in [6, 6.07) is 0. The number of allylic oxidation sites excluding steroid dienone is 8. The molecule has 0 aromatic carbocycles. The van der Waals surface area contributed by atoms with Crippen LogP contribution in [0.15, 0.2) is 47.6 Å². The van der Waals surface area contributed by atoms with E-state index in [1.165, 1.54) is 24.0 Å². The molecule has 0 fully saturated rings. The van der Waals surface area contributed by atoms with Crippen LogP contribution in [-0.2, 0) is 0 Å². The lowest BCUT2D eigenvalue weighted by Crippen LogP contribution is -2.09. The molecule has 0 N–H and O–H groups in total. The van der Waals surface area contributed by atoms with Crippen molar-refractivity contribution in [3.63, 3.8) is 0 Å². The van der Waals surface area contributed by atoms with Gasteiger partial charge < -0.3 is 0 Å². The molecule has 1 unspecified atom stereocenters. The molecule has 0 heterocycles. The van der Waals surface area contributed by atoms with Gasteiger partial charge in [-0.2, -0.15) is 0 Å². The van der Waals surface area contributed by atoms with E-state index >= 15 is 0 Å². The second-order valence-electron chi connectivity index (χ2n) is 5.51. The Morgan fingerprint density at radius 2 is 1.87 bits per heavy atom. The van der Waals surface area contributed by atoms with E-state index in [0.717, 1.165) is 0 Å². The van der Waals surface area contributed by atoms with Crippen LogP contribution in [0.5, 0.6) is 0 Å². The average Bonchev–Trinajstić information content (AvgIpc) is 2.39. The van der Waals surface area contributed by atoms with Crippen molar-refractivity contribution >= 4 is 0 Å². The highest BCUT2D eigenvalue weighted by molar-refractivity contribution is 5.44. The Bertz CT molecular complexity index is 361. The van der Waals surface area contributed by atoms with Gasteiger partial charge in [0.2, 0.25) is 0 Å². The molecular formula is C15H20. The fraction of sp³-hybridized carbons (Fsp3) is 0.467. The van der Waals surface area contributed by atoms with E-state index in [1.807, 2.05) is 0 Å². The first-order valence-corrected chi connectivity index (χ1v) is 5.83. The molecule has 2 rings (SSSR count). The lowest BCUT2D eigenvalue weighted by Gasteiger charge is -2.22. The summed E-state index contributed by atoms with van der Waals surface area (Å²) in [5.74, 6) is 0.563. The van der Waals surface area contributed by atoms with Gasteiger partial charge in [-0.1, -0.05) is 57.2 Å². The first kappa shape index (κ1) is 10.5. The molecule has 0 bridgehead atoms.